The predicted octanol–water partition coefficient (Wildman–Crippen LogP) is 1.07. The number of carbonyl (C=O) groups is 2. The van der Waals surface area contributed by atoms with Crippen molar-refractivity contribution in [2.45, 2.75) is 23.2 Å². The number of hydrogen-bond donors (Lipinski definition) is 1. The molecule has 7 nitrogen and oxygen atoms in total. The summed E-state index contributed by atoms with van der Waals surface area (Å²) in [6.45, 7) is 1.62. The largest absolute Gasteiger partial charge is 0.480 e. The van der Waals surface area contributed by atoms with Crippen LogP contribution in [0.25, 0.3) is 0 Å². The van der Waals surface area contributed by atoms with Gasteiger partial charge in [0.1, 0.15) is 15.8 Å². The molecule has 1 aliphatic rings. The Bertz CT molecular complexity index is 667. The third-order valence-corrected chi connectivity index (χ3v) is 7.40. The normalized spacial score (nSPS) is 23.1. The van der Waals surface area contributed by atoms with Crippen molar-refractivity contribution in [2.24, 2.45) is 0 Å². The molecule has 2 atom stereocenters. The van der Waals surface area contributed by atoms with Crippen molar-refractivity contribution < 1.29 is 27.9 Å². The summed E-state index contributed by atoms with van der Waals surface area (Å²) in [7, 11) is -2.92. The Morgan fingerprint density at radius 1 is 1.48 bits per heavy atom. The van der Waals surface area contributed by atoms with E-state index < -0.39 is 33.4 Å². The van der Waals surface area contributed by atoms with Gasteiger partial charge in [0.25, 0.3) is 0 Å². The number of thioether (sulfide) groups is 1. The number of aliphatic carboxylic acids is 1. The average Bonchev–Trinajstić information content (AvgIpc) is 3.04. The molecule has 1 fully saturated rings. The van der Waals surface area contributed by atoms with Crippen molar-refractivity contribution in [2.75, 3.05) is 12.9 Å². The number of methoxy groups -OCH3 is 1. The van der Waals surface area contributed by atoms with E-state index >= 15 is 0 Å². The molecular weight excluding hydrogens is 338 g/mol. The Kier molecular flexibility index (Phi) is 4.61. The molecule has 0 bridgehead atoms. The van der Waals surface area contributed by atoms with Crippen LogP contribution in [-0.2, 0) is 19.6 Å². The minimum Gasteiger partial charge on any atom is -0.480 e. The number of thiophene rings is 1. The summed E-state index contributed by atoms with van der Waals surface area (Å²) in [5.41, 5.74) is 0. The van der Waals surface area contributed by atoms with Gasteiger partial charge in [-0.15, -0.1) is 23.1 Å². The molecule has 10 heteroatoms. The fourth-order valence-corrected chi connectivity index (χ4v) is 6.63. The van der Waals surface area contributed by atoms with Gasteiger partial charge in [-0.05, 0) is 18.4 Å². The first-order valence-corrected chi connectivity index (χ1v) is 9.21. The molecule has 21 heavy (non-hydrogen) atoms. The molecule has 1 saturated heterocycles. The molecule has 1 aromatic heterocycles. The second-order valence-electron chi connectivity index (χ2n) is 4.23. The maximum absolute atomic E-state index is 12.7. The average molecular weight is 351 g/mol. The molecular formula is C11H13NO6S3. The van der Waals surface area contributed by atoms with Crippen LogP contribution in [0.5, 0.6) is 0 Å². The minimum atomic E-state index is -4.08. The van der Waals surface area contributed by atoms with Crippen molar-refractivity contribution in [1.82, 2.24) is 4.31 Å². The van der Waals surface area contributed by atoms with Crippen LogP contribution in [0.2, 0.25) is 0 Å². The zero-order valence-electron chi connectivity index (χ0n) is 11.2. The number of nitrogens with zero attached hydrogens (tertiary/aromatic N) is 1. The van der Waals surface area contributed by atoms with E-state index in [-0.39, 0.29) is 15.5 Å². The van der Waals surface area contributed by atoms with E-state index in [1.807, 2.05) is 0 Å². The molecule has 0 aromatic carbocycles. The van der Waals surface area contributed by atoms with Crippen LogP contribution in [0.3, 0.4) is 0 Å². The molecule has 1 aliphatic heterocycles. The minimum absolute atomic E-state index is 0.0502. The monoisotopic (exact) mass is 351 g/mol. The van der Waals surface area contributed by atoms with Gasteiger partial charge in [-0.1, -0.05) is 0 Å². The van der Waals surface area contributed by atoms with E-state index in [1.54, 1.807) is 6.92 Å². The quantitative estimate of drug-likeness (QED) is 0.810. The molecule has 116 valence electrons. The lowest BCUT2D eigenvalue weighted by Gasteiger charge is -2.24. The van der Waals surface area contributed by atoms with Crippen LogP contribution in [-0.4, -0.2) is 54.0 Å². The van der Waals surface area contributed by atoms with Gasteiger partial charge in [0, 0.05) is 5.75 Å². The lowest BCUT2D eigenvalue weighted by Crippen LogP contribution is -2.44. The molecule has 0 saturated carbocycles. The summed E-state index contributed by atoms with van der Waals surface area (Å²) in [6.07, 6.45) is 0. The van der Waals surface area contributed by atoms with Crippen LogP contribution >= 0.6 is 23.1 Å². The van der Waals surface area contributed by atoms with E-state index in [1.165, 1.54) is 23.2 Å². The van der Waals surface area contributed by atoms with Crippen molar-refractivity contribution in [3.05, 3.63) is 16.3 Å². The number of sulfonamides is 1. The molecule has 2 heterocycles. The van der Waals surface area contributed by atoms with Gasteiger partial charge in [0.15, 0.2) is 0 Å². The lowest BCUT2D eigenvalue weighted by molar-refractivity contribution is -0.140. The Morgan fingerprint density at radius 2 is 2.14 bits per heavy atom. The smallest absolute Gasteiger partial charge is 0.349 e. The van der Waals surface area contributed by atoms with Crippen LogP contribution in [0, 0.1) is 0 Å². The van der Waals surface area contributed by atoms with Gasteiger partial charge in [-0.3, -0.25) is 4.79 Å². The number of hydrogen-bond acceptors (Lipinski definition) is 7. The Morgan fingerprint density at radius 3 is 2.71 bits per heavy atom. The van der Waals surface area contributed by atoms with E-state index in [0.29, 0.717) is 0 Å². The number of esters is 1. The SMILES string of the molecule is COC(=O)c1sccc1S(=O)(=O)N1C(C)SCC1C(=O)O. The predicted molar refractivity (Wildman–Crippen MR) is 78.0 cm³/mol. The van der Waals surface area contributed by atoms with Crippen LogP contribution in [0.4, 0.5) is 0 Å². The molecule has 2 rings (SSSR count). The van der Waals surface area contributed by atoms with Crippen LogP contribution in [0.15, 0.2) is 16.3 Å². The highest BCUT2D eigenvalue weighted by atomic mass is 32.2. The van der Waals surface area contributed by atoms with Gasteiger partial charge >= 0.3 is 11.9 Å². The maximum Gasteiger partial charge on any atom is 0.349 e. The fourth-order valence-electron chi connectivity index (χ4n) is 2.03. The highest BCUT2D eigenvalue weighted by Crippen LogP contribution is 2.36. The lowest BCUT2D eigenvalue weighted by atomic mass is 10.3. The zero-order valence-corrected chi connectivity index (χ0v) is 13.6. The van der Waals surface area contributed by atoms with E-state index in [0.717, 1.165) is 22.8 Å². The van der Waals surface area contributed by atoms with E-state index in [9.17, 15) is 23.1 Å². The number of carboxylic acid groups (broad SMARTS) is 1. The standard InChI is InChI=1S/C11H13NO6S3/c1-6-12(7(5-20-6)10(13)14)21(16,17)8-3-4-19-9(8)11(15)18-2/h3-4,6-7H,5H2,1-2H3,(H,13,14). The van der Waals surface area contributed by atoms with Gasteiger partial charge in [-0.2, -0.15) is 4.31 Å². The number of ether oxygens (including phenoxy) is 1. The van der Waals surface area contributed by atoms with Crippen LogP contribution < -0.4 is 0 Å². The summed E-state index contributed by atoms with van der Waals surface area (Å²) in [4.78, 5) is 22.6. The number of carboxylic acids is 1. The van der Waals surface area contributed by atoms with Crippen LogP contribution in [0.1, 0.15) is 16.6 Å². The van der Waals surface area contributed by atoms with Crippen molar-refractivity contribution in [1.29, 1.82) is 0 Å². The molecule has 1 aromatic rings. The summed E-state index contributed by atoms with van der Waals surface area (Å²) < 4.78 is 30.9. The molecule has 0 aliphatic carbocycles. The Hall–Kier alpha value is -1.10. The van der Waals surface area contributed by atoms with Gasteiger partial charge in [0.05, 0.1) is 12.5 Å². The summed E-state index contributed by atoms with van der Waals surface area (Å²) in [5.74, 6) is -1.78. The summed E-state index contributed by atoms with van der Waals surface area (Å²) in [6, 6.07) is 0.154. The third kappa shape index (κ3) is 2.80. The van der Waals surface area contributed by atoms with E-state index in [4.69, 9.17) is 0 Å². The topological polar surface area (TPSA) is 101 Å². The van der Waals surface area contributed by atoms with E-state index in [2.05, 4.69) is 4.74 Å². The van der Waals surface area contributed by atoms with Gasteiger partial charge < -0.3 is 9.84 Å². The first-order valence-electron chi connectivity index (χ1n) is 5.84. The zero-order chi connectivity index (χ0) is 15.8. The first kappa shape index (κ1) is 16.3. The number of rotatable bonds is 4. The van der Waals surface area contributed by atoms with Gasteiger partial charge in [0.2, 0.25) is 10.0 Å². The maximum atomic E-state index is 12.7. The number of carbonyl (C=O) groups excluding carboxylic acids is 1. The van der Waals surface area contributed by atoms with Crippen molar-refractivity contribution in [3.8, 4) is 0 Å². The second-order valence-corrected chi connectivity index (χ2v) is 8.30. The molecule has 0 amide bonds. The highest BCUT2D eigenvalue weighted by molar-refractivity contribution is 8.01. The van der Waals surface area contributed by atoms with Gasteiger partial charge in [-0.25, -0.2) is 13.2 Å². The Balaban J connectivity index is 2.49. The molecule has 0 radical (unpaired) electrons. The summed E-state index contributed by atoms with van der Waals surface area (Å²) >= 11 is 2.18. The van der Waals surface area contributed by atoms with Crippen molar-refractivity contribution in [3.63, 3.8) is 0 Å². The Labute approximate surface area is 129 Å². The molecule has 0 spiro atoms. The second kappa shape index (κ2) is 5.95. The highest BCUT2D eigenvalue weighted by Gasteiger charge is 2.45. The van der Waals surface area contributed by atoms with Crippen molar-refractivity contribution >= 4 is 45.1 Å². The summed E-state index contributed by atoms with van der Waals surface area (Å²) in [5, 5.41) is 10.1. The third-order valence-electron chi connectivity index (χ3n) is 3.00. The first-order chi connectivity index (χ1) is 9.80. The fraction of sp³-hybridized carbons (Fsp3) is 0.455. The molecule has 2 unspecified atom stereocenters. The molecule has 1 N–H and O–H groups in total.